The van der Waals surface area contributed by atoms with E-state index in [1.807, 2.05) is 7.05 Å². The third-order valence-electron chi connectivity index (χ3n) is 2.36. The summed E-state index contributed by atoms with van der Waals surface area (Å²) < 4.78 is 4.57. The second-order valence-electron chi connectivity index (χ2n) is 3.33. The summed E-state index contributed by atoms with van der Waals surface area (Å²) in [4.78, 5) is 10.9. The van der Waals surface area contributed by atoms with Crippen molar-refractivity contribution in [2.75, 3.05) is 20.0 Å². The Labute approximate surface area is 101 Å². The highest BCUT2D eigenvalue weighted by Crippen LogP contribution is 2.17. The molecule has 1 N–H and O–H groups in total. The number of carbonyl (C=O) groups excluding carboxylic acids is 1. The highest BCUT2D eigenvalue weighted by atomic mass is 79.9. The molecule has 14 heavy (non-hydrogen) atoms. The van der Waals surface area contributed by atoms with Crippen LogP contribution in [0.15, 0.2) is 0 Å². The Bertz CT molecular complexity index is 169. The molecule has 0 aromatic heterocycles. The normalized spacial score (nSPS) is 14.0. The van der Waals surface area contributed by atoms with Crippen molar-refractivity contribution in [1.29, 1.82) is 0 Å². The summed E-state index contributed by atoms with van der Waals surface area (Å²) in [6.07, 6.45) is 2.04. The molecule has 0 bridgehead atoms. The van der Waals surface area contributed by atoms with Crippen molar-refractivity contribution in [2.24, 2.45) is 0 Å². The number of methoxy groups -OCH3 is 1. The first-order valence-electron chi connectivity index (χ1n) is 4.39. The summed E-state index contributed by atoms with van der Waals surface area (Å²) in [7, 11) is 3.28. The van der Waals surface area contributed by atoms with Crippen LogP contribution >= 0.6 is 28.6 Å². The highest BCUT2D eigenvalue weighted by Gasteiger charge is 2.22. The molecule has 0 saturated carbocycles. The van der Waals surface area contributed by atoms with E-state index >= 15 is 0 Å². The molecule has 5 heteroatoms. The van der Waals surface area contributed by atoms with Crippen molar-refractivity contribution in [2.45, 2.75) is 31.7 Å². The van der Waals surface area contributed by atoms with E-state index in [9.17, 15) is 4.79 Å². The second-order valence-corrected chi connectivity index (χ2v) is 3.70. The average molecular weight is 289 g/mol. The number of ether oxygens (including phenoxy) is 1. The zero-order valence-corrected chi connectivity index (χ0v) is 11.4. The van der Waals surface area contributed by atoms with Gasteiger partial charge in [-0.05, 0) is 26.8 Å². The first-order chi connectivity index (χ1) is 6.08. The molecule has 86 valence electrons. The summed E-state index contributed by atoms with van der Waals surface area (Å²) in [5.74, 6) is 0.425. The molecule has 0 fully saturated rings. The molecule has 0 aromatic carbocycles. The quantitative estimate of drug-likeness (QED) is 0.601. The lowest BCUT2D eigenvalue weighted by atomic mass is 9.93. The van der Waals surface area contributed by atoms with E-state index in [1.165, 1.54) is 7.11 Å². The van der Waals surface area contributed by atoms with Crippen molar-refractivity contribution in [1.82, 2.24) is 5.32 Å². The van der Waals surface area contributed by atoms with E-state index in [1.54, 1.807) is 0 Å². The molecule has 0 spiro atoms. The molecule has 0 radical (unpaired) electrons. The average Bonchev–Trinajstić information content (AvgIpc) is 2.15. The second kappa shape index (κ2) is 8.50. The maximum absolute atomic E-state index is 10.9. The van der Waals surface area contributed by atoms with Gasteiger partial charge in [0.05, 0.1) is 7.11 Å². The zero-order chi connectivity index (χ0) is 10.3. The number of hydrogen-bond donors (Lipinski definition) is 1. The first-order valence-corrected chi connectivity index (χ1v) is 4.93. The van der Waals surface area contributed by atoms with Gasteiger partial charge < -0.3 is 10.1 Å². The standard InChI is InChI=1S/C9H18ClNO2.BrH/c1-9(11-2,6-7-10)5-4-8(12)13-3;/h11H,4-7H2,1-3H3;1H. The number of alkyl halides is 1. The molecule has 0 heterocycles. The van der Waals surface area contributed by atoms with E-state index in [0.717, 1.165) is 12.8 Å². The molecule has 3 nitrogen and oxygen atoms in total. The lowest BCUT2D eigenvalue weighted by molar-refractivity contribution is -0.141. The fourth-order valence-corrected chi connectivity index (χ4v) is 1.48. The third-order valence-corrected chi connectivity index (χ3v) is 2.55. The van der Waals surface area contributed by atoms with Gasteiger partial charge in [-0.2, -0.15) is 0 Å². The van der Waals surface area contributed by atoms with Crippen LogP contribution in [0, 0.1) is 0 Å². The van der Waals surface area contributed by atoms with E-state index in [2.05, 4.69) is 17.0 Å². The molecule has 1 atom stereocenters. The van der Waals surface area contributed by atoms with Gasteiger partial charge in [-0.15, -0.1) is 28.6 Å². The van der Waals surface area contributed by atoms with Gasteiger partial charge in [0.1, 0.15) is 0 Å². The van der Waals surface area contributed by atoms with Crippen LogP contribution in [-0.4, -0.2) is 31.5 Å². The van der Waals surface area contributed by atoms with Crippen LogP contribution in [0.3, 0.4) is 0 Å². The number of halogens is 2. The van der Waals surface area contributed by atoms with Crippen LogP contribution in [-0.2, 0) is 9.53 Å². The predicted molar refractivity (Wildman–Crippen MR) is 64.4 cm³/mol. The lowest BCUT2D eigenvalue weighted by Crippen LogP contribution is -2.40. The van der Waals surface area contributed by atoms with Crippen LogP contribution in [0.1, 0.15) is 26.2 Å². The first kappa shape index (κ1) is 16.6. The largest absolute Gasteiger partial charge is 0.469 e. The Hall–Kier alpha value is 0.200. The SMILES string of the molecule is Br.CNC(C)(CCCl)CCC(=O)OC. The van der Waals surface area contributed by atoms with Crippen LogP contribution < -0.4 is 5.32 Å². The topological polar surface area (TPSA) is 38.3 Å². The van der Waals surface area contributed by atoms with Gasteiger partial charge in [-0.1, -0.05) is 0 Å². The van der Waals surface area contributed by atoms with Crippen LogP contribution in [0.25, 0.3) is 0 Å². The maximum Gasteiger partial charge on any atom is 0.305 e. The van der Waals surface area contributed by atoms with E-state index in [4.69, 9.17) is 11.6 Å². The minimum absolute atomic E-state index is 0. The number of rotatable bonds is 6. The molecule has 0 aliphatic carbocycles. The summed E-state index contributed by atoms with van der Waals surface area (Å²) in [6.45, 7) is 2.05. The number of hydrogen-bond acceptors (Lipinski definition) is 3. The van der Waals surface area contributed by atoms with Crippen molar-refractivity contribution in [3.05, 3.63) is 0 Å². The number of esters is 1. The van der Waals surface area contributed by atoms with Crippen LogP contribution in [0.5, 0.6) is 0 Å². The Morgan fingerprint density at radius 1 is 1.50 bits per heavy atom. The fraction of sp³-hybridized carbons (Fsp3) is 0.889. The summed E-state index contributed by atoms with van der Waals surface area (Å²) in [5, 5.41) is 3.17. The molecule has 1 unspecified atom stereocenters. The maximum atomic E-state index is 10.9. The number of carbonyl (C=O) groups is 1. The van der Waals surface area contributed by atoms with Gasteiger partial charge in [0.15, 0.2) is 0 Å². The monoisotopic (exact) mass is 287 g/mol. The van der Waals surface area contributed by atoms with Gasteiger partial charge in [-0.3, -0.25) is 4.79 Å². The Kier molecular flexibility index (Phi) is 10.1. The Balaban J connectivity index is 0. The van der Waals surface area contributed by atoms with Crippen molar-refractivity contribution in [3.8, 4) is 0 Å². The molecular formula is C9H19BrClNO2. The number of nitrogens with one attached hydrogen (secondary N) is 1. The highest BCUT2D eigenvalue weighted by molar-refractivity contribution is 8.93. The van der Waals surface area contributed by atoms with E-state index < -0.39 is 0 Å². The Morgan fingerprint density at radius 3 is 2.43 bits per heavy atom. The fourth-order valence-electron chi connectivity index (χ4n) is 1.06. The molecular weight excluding hydrogens is 269 g/mol. The van der Waals surface area contributed by atoms with Crippen molar-refractivity contribution >= 4 is 34.6 Å². The lowest BCUT2D eigenvalue weighted by Gasteiger charge is -2.27. The minimum Gasteiger partial charge on any atom is -0.469 e. The molecule has 0 saturated heterocycles. The predicted octanol–water partition coefficient (Wildman–Crippen LogP) is 2.12. The van der Waals surface area contributed by atoms with E-state index in [-0.39, 0.29) is 28.5 Å². The van der Waals surface area contributed by atoms with Crippen LogP contribution in [0.4, 0.5) is 0 Å². The summed E-state index contributed by atoms with van der Waals surface area (Å²) >= 11 is 5.66. The molecule has 0 rings (SSSR count). The molecule has 0 amide bonds. The van der Waals surface area contributed by atoms with E-state index in [0.29, 0.717) is 12.3 Å². The summed E-state index contributed by atoms with van der Waals surface area (Å²) in [6, 6.07) is 0. The molecule has 0 aromatic rings. The smallest absolute Gasteiger partial charge is 0.305 e. The zero-order valence-electron chi connectivity index (χ0n) is 8.93. The van der Waals surface area contributed by atoms with Gasteiger partial charge in [0.25, 0.3) is 0 Å². The molecule has 0 aliphatic rings. The Morgan fingerprint density at radius 2 is 2.07 bits per heavy atom. The van der Waals surface area contributed by atoms with Crippen LogP contribution in [0.2, 0.25) is 0 Å². The van der Waals surface area contributed by atoms with Gasteiger partial charge in [-0.25, -0.2) is 0 Å². The van der Waals surface area contributed by atoms with Crippen molar-refractivity contribution < 1.29 is 9.53 Å². The summed E-state index contributed by atoms with van der Waals surface area (Å²) in [5.41, 5.74) is -0.0596. The van der Waals surface area contributed by atoms with Gasteiger partial charge in [0, 0.05) is 17.8 Å². The molecule has 0 aliphatic heterocycles. The third kappa shape index (κ3) is 6.62. The van der Waals surface area contributed by atoms with Gasteiger partial charge in [0.2, 0.25) is 0 Å². The minimum atomic E-state index is -0.170. The van der Waals surface area contributed by atoms with Gasteiger partial charge >= 0.3 is 5.97 Å². The van der Waals surface area contributed by atoms with Crippen molar-refractivity contribution in [3.63, 3.8) is 0 Å².